The summed E-state index contributed by atoms with van der Waals surface area (Å²) >= 11 is 2.96. The van der Waals surface area contributed by atoms with E-state index in [0.29, 0.717) is 35.2 Å². The van der Waals surface area contributed by atoms with Gasteiger partial charge in [-0.15, -0.1) is 11.3 Å². The van der Waals surface area contributed by atoms with Gasteiger partial charge in [0.25, 0.3) is 5.91 Å². The second-order valence-electron chi connectivity index (χ2n) is 9.50. The van der Waals surface area contributed by atoms with Gasteiger partial charge in [0.2, 0.25) is 0 Å². The van der Waals surface area contributed by atoms with Gasteiger partial charge in [0, 0.05) is 36.5 Å². The lowest BCUT2D eigenvalue weighted by atomic mass is 9.95. The van der Waals surface area contributed by atoms with E-state index in [2.05, 4.69) is 0 Å². The van der Waals surface area contributed by atoms with Crippen molar-refractivity contribution in [1.29, 1.82) is 0 Å². The van der Waals surface area contributed by atoms with Crippen LogP contribution < -0.4 is 0 Å². The number of carbonyl (C=O) groups is 2. The molecule has 198 valence electrons. The van der Waals surface area contributed by atoms with Crippen molar-refractivity contribution in [2.24, 2.45) is 4.99 Å². The van der Waals surface area contributed by atoms with Gasteiger partial charge in [-0.3, -0.25) is 9.69 Å². The van der Waals surface area contributed by atoms with Crippen molar-refractivity contribution in [3.63, 3.8) is 0 Å². The molecule has 5 rings (SSSR count). The number of aromatic nitrogens is 1. The second-order valence-corrected chi connectivity index (χ2v) is 11.6. The maximum Gasteiger partial charge on any atom is 0.339 e. The van der Waals surface area contributed by atoms with Crippen LogP contribution in [0, 0.1) is 13.8 Å². The van der Waals surface area contributed by atoms with E-state index < -0.39 is 5.97 Å². The Morgan fingerprint density at radius 3 is 2.68 bits per heavy atom. The van der Waals surface area contributed by atoms with E-state index in [1.54, 1.807) is 23.3 Å². The lowest BCUT2D eigenvalue weighted by Gasteiger charge is -2.15. The topological polar surface area (TPSA) is 84.1 Å². The van der Waals surface area contributed by atoms with E-state index in [1.807, 2.05) is 60.9 Å². The Labute approximate surface area is 230 Å². The van der Waals surface area contributed by atoms with Gasteiger partial charge in [-0.25, -0.2) is 9.79 Å². The van der Waals surface area contributed by atoms with Gasteiger partial charge in [0.05, 0.1) is 16.2 Å². The molecule has 1 N–H and O–H groups in total. The molecule has 0 saturated carbocycles. The number of aryl methyl sites for hydroxylation is 2. The summed E-state index contributed by atoms with van der Waals surface area (Å²) in [6.07, 6.45) is 6.50. The zero-order chi connectivity index (χ0) is 26.8. The number of methoxy groups -OCH3 is 1. The number of thiophene rings is 1. The number of hydrogen-bond donors (Lipinski definition) is 1. The summed E-state index contributed by atoms with van der Waals surface area (Å²) in [5.41, 5.74) is 4.98. The quantitative estimate of drug-likeness (QED) is 0.261. The van der Waals surface area contributed by atoms with Gasteiger partial charge in [-0.1, -0.05) is 18.2 Å². The van der Waals surface area contributed by atoms with E-state index >= 15 is 0 Å². The van der Waals surface area contributed by atoms with Crippen LogP contribution in [0.2, 0.25) is 0 Å². The highest BCUT2D eigenvalue weighted by Gasteiger charge is 2.34. The lowest BCUT2D eigenvalue weighted by Crippen LogP contribution is -2.30. The van der Waals surface area contributed by atoms with Crippen LogP contribution in [0.3, 0.4) is 0 Å². The molecule has 38 heavy (non-hydrogen) atoms. The average molecular weight is 550 g/mol. The first-order valence-corrected chi connectivity index (χ1v) is 14.4. The molecule has 3 heterocycles. The fourth-order valence-corrected chi connectivity index (χ4v) is 7.59. The van der Waals surface area contributed by atoms with Crippen molar-refractivity contribution < 1.29 is 19.4 Å². The second kappa shape index (κ2) is 11.3. The molecule has 7 nitrogen and oxygen atoms in total. The van der Waals surface area contributed by atoms with Gasteiger partial charge in [0.15, 0.2) is 5.17 Å². The molecule has 1 fully saturated rings. The van der Waals surface area contributed by atoms with E-state index in [0.717, 1.165) is 58.9 Å². The molecule has 2 aromatic heterocycles. The van der Waals surface area contributed by atoms with Crippen LogP contribution in [-0.4, -0.2) is 51.9 Å². The summed E-state index contributed by atoms with van der Waals surface area (Å²) in [5.74, 6) is -0.954. The summed E-state index contributed by atoms with van der Waals surface area (Å²) < 4.78 is 7.24. The van der Waals surface area contributed by atoms with Crippen molar-refractivity contribution >= 4 is 51.9 Å². The Balaban J connectivity index is 1.52. The van der Waals surface area contributed by atoms with E-state index in [9.17, 15) is 14.7 Å². The summed E-state index contributed by atoms with van der Waals surface area (Å²) in [6, 6.07) is 11.7. The molecule has 0 unspecified atom stereocenters. The van der Waals surface area contributed by atoms with Gasteiger partial charge in [-0.05, 0) is 93.1 Å². The summed E-state index contributed by atoms with van der Waals surface area (Å²) in [4.78, 5) is 34.1. The minimum atomic E-state index is -0.873. The van der Waals surface area contributed by atoms with Crippen LogP contribution in [0.5, 0.6) is 0 Å². The number of ether oxygens (including phenoxy) is 1. The van der Waals surface area contributed by atoms with Crippen LogP contribution in [0.25, 0.3) is 11.1 Å². The number of carboxylic acids is 1. The number of hydrogen-bond acceptors (Lipinski definition) is 6. The molecule has 1 amide bonds. The minimum Gasteiger partial charge on any atom is -0.478 e. The van der Waals surface area contributed by atoms with Crippen molar-refractivity contribution in [2.75, 3.05) is 20.3 Å². The summed E-state index contributed by atoms with van der Waals surface area (Å²) in [5, 5.41) is 11.5. The fraction of sp³-hybridized carbons (Fsp3) is 0.345. The van der Waals surface area contributed by atoms with Crippen molar-refractivity contribution in [3.8, 4) is 5.00 Å². The number of benzene rings is 1. The number of amidine groups is 1. The van der Waals surface area contributed by atoms with Crippen LogP contribution >= 0.6 is 23.1 Å². The van der Waals surface area contributed by atoms with E-state index in [1.165, 1.54) is 16.6 Å². The molecule has 0 bridgehead atoms. The number of rotatable bonds is 8. The first-order chi connectivity index (χ1) is 18.4. The van der Waals surface area contributed by atoms with Crippen LogP contribution in [0.1, 0.15) is 57.0 Å². The Bertz CT molecular complexity index is 1440. The predicted octanol–water partition coefficient (Wildman–Crippen LogP) is 6.37. The minimum absolute atomic E-state index is 0.0802. The van der Waals surface area contributed by atoms with Crippen molar-refractivity contribution in [1.82, 2.24) is 9.47 Å². The first-order valence-electron chi connectivity index (χ1n) is 12.8. The molecule has 1 saturated heterocycles. The highest BCUT2D eigenvalue weighted by Crippen LogP contribution is 2.40. The maximum atomic E-state index is 13.5. The molecule has 0 radical (unpaired) electrons. The highest BCUT2D eigenvalue weighted by atomic mass is 32.2. The fourth-order valence-electron chi connectivity index (χ4n) is 5.09. The third-order valence-corrected chi connectivity index (χ3v) is 9.21. The zero-order valence-electron chi connectivity index (χ0n) is 21.8. The molecule has 1 aromatic carbocycles. The molecule has 2 aliphatic rings. The molecular weight excluding hydrogens is 518 g/mol. The number of fused-ring (bicyclic) bond motifs is 1. The van der Waals surface area contributed by atoms with Crippen LogP contribution in [0.4, 0.5) is 5.69 Å². The number of para-hydroxylation sites is 1. The Hall–Kier alpha value is -3.14. The molecule has 0 spiro atoms. The molecule has 1 aliphatic carbocycles. The normalized spacial score (nSPS) is 17.6. The number of carbonyl (C=O) groups excluding carboxylic acids is 1. The number of carboxylic acid groups (broad SMARTS) is 1. The van der Waals surface area contributed by atoms with Crippen molar-refractivity contribution in [2.45, 2.75) is 46.0 Å². The summed E-state index contributed by atoms with van der Waals surface area (Å²) in [7, 11) is 1.65. The van der Waals surface area contributed by atoms with Gasteiger partial charge < -0.3 is 14.4 Å². The number of nitrogens with zero attached hydrogens (tertiary/aromatic N) is 3. The SMILES string of the molecule is COCCCN1C(=O)/C(=C/c2cc(C)n(-c3sc4c(c3C(=O)O)CCCC4)c2C)SC1=Nc1ccccc1. The molecule has 1 aliphatic heterocycles. The molecule has 0 atom stereocenters. The number of thioether (sulfide) groups is 1. The third kappa shape index (κ3) is 5.10. The number of aromatic carboxylic acids is 1. The smallest absolute Gasteiger partial charge is 0.339 e. The Morgan fingerprint density at radius 2 is 1.95 bits per heavy atom. The molecule has 9 heteroatoms. The number of amides is 1. The van der Waals surface area contributed by atoms with Gasteiger partial charge in [0.1, 0.15) is 5.00 Å². The largest absolute Gasteiger partial charge is 0.478 e. The molecular formula is C29H31N3O4S2. The summed E-state index contributed by atoms with van der Waals surface area (Å²) in [6.45, 7) is 5.06. The Morgan fingerprint density at radius 1 is 1.18 bits per heavy atom. The van der Waals surface area contributed by atoms with E-state index in [4.69, 9.17) is 9.73 Å². The van der Waals surface area contributed by atoms with Gasteiger partial charge in [-0.2, -0.15) is 0 Å². The lowest BCUT2D eigenvalue weighted by molar-refractivity contribution is -0.122. The first kappa shape index (κ1) is 26.5. The maximum absolute atomic E-state index is 13.5. The zero-order valence-corrected chi connectivity index (χ0v) is 23.5. The van der Waals surface area contributed by atoms with Crippen LogP contribution in [-0.2, 0) is 22.4 Å². The van der Waals surface area contributed by atoms with E-state index in [-0.39, 0.29) is 5.91 Å². The van der Waals surface area contributed by atoms with Gasteiger partial charge >= 0.3 is 5.97 Å². The van der Waals surface area contributed by atoms with Crippen molar-refractivity contribution in [3.05, 3.63) is 74.3 Å². The highest BCUT2D eigenvalue weighted by molar-refractivity contribution is 8.18. The third-order valence-electron chi connectivity index (χ3n) is 6.93. The predicted molar refractivity (Wildman–Crippen MR) is 154 cm³/mol. The Kier molecular flexibility index (Phi) is 7.88. The monoisotopic (exact) mass is 549 g/mol. The number of aliphatic imine (C=N–C) groups is 1. The standard InChI is InChI=1S/C29H31N3O4S2/c1-18-16-20(19(2)32(18)27-25(28(34)35)22-12-7-8-13-23(22)37-27)17-24-26(33)31(14-9-15-36-3)29(38-24)30-21-10-5-4-6-11-21/h4-6,10-11,16-17H,7-9,12-15H2,1-3H3,(H,34,35)/b24-17-,30-29?. The average Bonchev–Trinajstić information content (AvgIpc) is 3.51. The van der Waals surface area contributed by atoms with Crippen LogP contribution in [0.15, 0.2) is 46.3 Å². The molecule has 3 aromatic rings.